The number of aliphatic imine (C=N–C) groups is 2. The van der Waals surface area contributed by atoms with E-state index in [2.05, 4.69) is 34.1 Å². The van der Waals surface area contributed by atoms with Gasteiger partial charge in [-0.25, -0.2) is 9.98 Å². The number of nitrogens with zero attached hydrogens (tertiary/aromatic N) is 4. The number of benzene rings is 4. The van der Waals surface area contributed by atoms with Gasteiger partial charge in [-0.05, 0) is 88.4 Å². The van der Waals surface area contributed by atoms with Crippen LogP contribution in [0.1, 0.15) is 27.7 Å². The van der Waals surface area contributed by atoms with Crippen LogP contribution in [0.3, 0.4) is 0 Å². The smallest absolute Gasteiger partial charge is 0.174 e. The number of fused-ring (bicyclic) bond motifs is 4. The predicted octanol–water partition coefficient (Wildman–Crippen LogP) is 9.67. The molecule has 0 atom stereocenters. The summed E-state index contributed by atoms with van der Waals surface area (Å²) in [5.41, 5.74) is 7.83. The van der Waals surface area contributed by atoms with Gasteiger partial charge in [-0.1, -0.05) is 72.8 Å². The molecule has 4 aromatic rings. The number of ketones is 2. The lowest BCUT2D eigenvalue weighted by atomic mass is 9.72. The summed E-state index contributed by atoms with van der Waals surface area (Å²) in [6.45, 7) is 7.71. The minimum atomic E-state index is -0.902. The Morgan fingerprint density at radius 2 is 0.854 bits per heavy atom. The van der Waals surface area contributed by atoms with Gasteiger partial charge >= 0.3 is 0 Å². The van der Waals surface area contributed by atoms with E-state index in [4.69, 9.17) is 9.98 Å². The molecule has 48 heavy (non-hydrogen) atoms. The summed E-state index contributed by atoms with van der Waals surface area (Å²) < 4.78 is 0. The summed E-state index contributed by atoms with van der Waals surface area (Å²) in [5.74, 6) is -0.103. The van der Waals surface area contributed by atoms with Crippen molar-refractivity contribution in [2.75, 3.05) is 9.80 Å². The van der Waals surface area contributed by atoms with Crippen molar-refractivity contribution in [3.05, 3.63) is 156 Å². The fourth-order valence-corrected chi connectivity index (χ4v) is 7.01. The van der Waals surface area contributed by atoms with Crippen LogP contribution in [-0.4, -0.2) is 23.0 Å². The van der Waals surface area contributed by atoms with Crippen LogP contribution in [-0.2, 0) is 9.59 Å². The lowest BCUT2D eigenvalue weighted by Gasteiger charge is -2.41. The average Bonchev–Trinajstić information content (AvgIpc) is 3.10. The van der Waals surface area contributed by atoms with E-state index in [1.54, 1.807) is 12.2 Å². The van der Waals surface area contributed by atoms with Crippen LogP contribution in [0, 0.1) is 10.8 Å². The van der Waals surface area contributed by atoms with Gasteiger partial charge in [0.15, 0.2) is 11.6 Å². The van der Waals surface area contributed by atoms with Gasteiger partial charge in [-0.2, -0.15) is 0 Å². The van der Waals surface area contributed by atoms with Crippen molar-refractivity contribution < 1.29 is 9.59 Å². The van der Waals surface area contributed by atoms with Crippen molar-refractivity contribution in [3.8, 4) is 0 Å². The first kappa shape index (κ1) is 29.5. The van der Waals surface area contributed by atoms with Crippen LogP contribution in [0.4, 0.5) is 34.1 Å². The zero-order valence-electron chi connectivity index (χ0n) is 27.3. The maximum Gasteiger partial charge on any atom is 0.174 e. The second kappa shape index (κ2) is 10.8. The second-order valence-corrected chi connectivity index (χ2v) is 13.5. The highest BCUT2D eigenvalue weighted by molar-refractivity contribution is 6.30. The maximum absolute atomic E-state index is 14.2. The van der Waals surface area contributed by atoms with Gasteiger partial charge in [-0.3, -0.25) is 9.59 Å². The molecule has 6 heteroatoms. The fraction of sp³-hybridized carbons (Fsp3) is 0.143. The van der Waals surface area contributed by atoms with Gasteiger partial charge in [0.2, 0.25) is 0 Å². The van der Waals surface area contributed by atoms with Crippen LogP contribution >= 0.6 is 0 Å². The van der Waals surface area contributed by atoms with Crippen LogP contribution in [0.2, 0.25) is 0 Å². The van der Waals surface area contributed by atoms with Crippen LogP contribution in [0.25, 0.3) is 0 Å². The minimum absolute atomic E-state index is 0.0517. The summed E-state index contributed by atoms with van der Waals surface area (Å²) in [4.78, 5) is 42.7. The van der Waals surface area contributed by atoms with E-state index in [1.807, 2.05) is 125 Å². The number of anilines is 4. The molecule has 4 aromatic carbocycles. The zero-order chi connectivity index (χ0) is 33.2. The summed E-state index contributed by atoms with van der Waals surface area (Å²) in [6.07, 6.45) is 7.42. The summed E-state index contributed by atoms with van der Waals surface area (Å²) >= 11 is 0. The standard InChI is InChI=1S/C42H34N4O2/c1-41(2)37-35(45(29-15-7-5-8-16-29)33-21-13-11-19-31(33)43-37)25-27(39(41)47)23-24-28-26-36-38(42(3,4)40(28)48)44-32-20-12-14-22-34(32)46(36)30-17-9-6-10-18-30/h5-26H,1-4H3/b27-23-,28-24-. The number of carbonyl (C=O) groups is 2. The molecule has 0 radical (unpaired) electrons. The average molecular weight is 627 g/mol. The molecule has 8 rings (SSSR count). The van der Waals surface area contributed by atoms with Crippen molar-refractivity contribution in [3.63, 3.8) is 0 Å². The van der Waals surface area contributed by atoms with E-state index in [9.17, 15) is 9.59 Å². The molecule has 234 valence electrons. The van der Waals surface area contributed by atoms with Gasteiger partial charge in [0, 0.05) is 22.5 Å². The highest BCUT2D eigenvalue weighted by Gasteiger charge is 2.46. The van der Waals surface area contributed by atoms with Crippen LogP contribution < -0.4 is 9.80 Å². The number of hydrogen-bond acceptors (Lipinski definition) is 6. The second-order valence-electron chi connectivity index (χ2n) is 13.5. The zero-order valence-corrected chi connectivity index (χ0v) is 27.3. The Labute approximate surface area is 280 Å². The molecule has 2 heterocycles. The number of allylic oxidation sites excluding steroid dienone is 8. The number of rotatable bonds is 3. The van der Waals surface area contributed by atoms with Crippen molar-refractivity contribution in [2.45, 2.75) is 27.7 Å². The number of carbonyl (C=O) groups excluding carboxylic acids is 2. The summed E-state index contributed by atoms with van der Waals surface area (Å²) in [6, 6.07) is 36.2. The number of para-hydroxylation sites is 6. The normalized spacial score (nSPS) is 20.6. The highest BCUT2D eigenvalue weighted by Crippen LogP contribution is 2.49. The first-order chi connectivity index (χ1) is 23.2. The van der Waals surface area contributed by atoms with E-state index >= 15 is 0 Å². The monoisotopic (exact) mass is 626 g/mol. The van der Waals surface area contributed by atoms with E-state index in [0.29, 0.717) is 11.1 Å². The van der Waals surface area contributed by atoms with Crippen molar-refractivity contribution >= 4 is 57.1 Å². The van der Waals surface area contributed by atoms with Crippen molar-refractivity contribution in [1.29, 1.82) is 0 Å². The fourth-order valence-electron chi connectivity index (χ4n) is 7.01. The predicted molar refractivity (Wildman–Crippen MR) is 194 cm³/mol. The molecular formula is C42H34N4O2. The molecule has 0 spiro atoms. The largest absolute Gasteiger partial charge is 0.306 e. The Bertz CT molecular complexity index is 2060. The molecule has 0 fully saturated rings. The SMILES string of the molecule is CC1(C)C(=O)/C(=C\C=C2\C=C3C(=Nc4ccccc4N3c3ccccc3)C(C)(C)C2=O)C=C2C1=Nc1ccccc1N2c1ccccc1. The van der Waals surface area contributed by atoms with Gasteiger partial charge < -0.3 is 9.80 Å². The molecule has 2 aliphatic heterocycles. The molecule has 0 amide bonds. The molecule has 6 nitrogen and oxygen atoms in total. The molecule has 0 N–H and O–H groups in total. The molecular weight excluding hydrogens is 592 g/mol. The lowest BCUT2D eigenvalue weighted by Crippen LogP contribution is -2.44. The first-order valence-corrected chi connectivity index (χ1v) is 16.2. The van der Waals surface area contributed by atoms with Crippen molar-refractivity contribution in [2.24, 2.45) is 20.8 Å². The molecule has 0 saturated heterocycles. The van der Waals surface area contributed by atoms with Crippen molar-refractivity contribution in [1.82, 2.24) is 0 Å². The Balaban J connectivity index is 1.29. The molecule has 0 unspecified atom stereocenters. The Kier molecular flexibility index (Phi) is 6.67. The maximum atomic E-state index is 14.2. The van der Waals surface area contributed by atoms with E-state index in [1.165, 1.54) is 0 Å². The van der Waals surface area contributed by atoms with Gasteiger partial charge in [0.05, 0.1) is 56.4 Å². The summed E-state index contributed by atoms with van der Waals surface area (Å²) in [7, 11) is 0. The number of Topliss-reactive ketones (excluding diaryl/α,β-unsaturated/α-hetero) is 2. The van der Waals surface area contributed by atoms with E-state index in [-0.39, 0.29) is 11.6 Å². The third-order valence-electron chi connectivity index (χ3n) is 9.58. The quantitative estimate of drug-likeness (QED) is 0.212. The van der Waals surface area contributed by atoms with Crippen LogP contribution in [0.5, 0.6) is 0 Å². The molecule has 2 aliphatic carbocycles. The third kappa shape index (κ3) is 4.48. The Morgan fingerprint density at radius 1 is 0.500 bits per heavy atom. The third-order valence-corrected chi connectivity index (χ3v) is 9.58. The van der Waals surface area contributed by atoms with E-state index in [0.717, 1.165) is 56.9 Å². The van der Waals surface area contributed by atoms with E-state index < -0.39 is 10.8 Å². The minimum Gasteiger partial charge on any atom is -0.306 e. The lowest BCUT2D eigenvalue weighted by molar-refractivity contribution is -0.121. The number of hydrogen-bond donors (Lipinski definition) is 0. The first-order valence-electron chi connectivity index (χ1n) is 16.2. The Hall–Kier alpha value is -5.88. The topological polar surface area (TPSA) is 65.3 Å². The molecule has 4 aliphatic rings. The van der Waals surface area contributed by atoms with Gasteiger partial charge in [0.25, 0.3) is 0 Å². The molecule has 0 aromatic heterocycles. The Morgan fingerprint density at radius 3 is 1.25 bits per heavy atom. The summed E-state index contributed by atoms with van der Waals surface area (Å²) in [5, 5.41) is 0. The van der Waals surface area contributed by atoms with Gasteiger partial charge in [0.1, 0.15) is 0 Å². The van der Waals surface area contributed by atoms with Gasteiger partial charge in [-0.15, -0.1) is 0 Å². The molecule has 0 saturated carbocycles. The van der Waals surface area contributed by atoms with Crippen LogP contribution in [0.15, 0.2) is 166 Å². The highest BCUT2D eigenvalue weighted by atomic mass is 16.1. The molecule has 0 bridgehead atoms.